The largest absolute Gasteiger partial charge is 0.244 e. The summed E-state index contributed by atoms with van der Waals surface area (Å²) in [7, 11) is 0. The molecule has 0 aliphatic heterocycles. The number of para-hydroxylation sites is 2. The Morgan fingerprint density at radius 3 is 1.48 bits per heavy atom. The second-order valence-corrected chi connectivity index (χ2v) is 6.37. The van der Waals surface area contributed by atoms with Crippen molar-refractivity contribution in [2.75, 3.05) is 0 Å². The van der Waals surface area contributed by atoms with E-state index in [0.29, 0.717) is 23.0 Å². The fraction of sp³-hybridized carbons (Fsp3) is 0. The molecule has 0 bridgehead atoms. The quantitative estimate of drug-likeness (QED) is 0.440. The summed E-state index contributed by atoms with van der Waals surface area (Å²) in [6.45, 7) is 0. The number of nitrogens with zero attached hydrogens (tertiary/aromatic N) is 5. The predicted octanol–water partition coefficient (Wildman–Crippen LogP) is 4.96. The van der Waals surface area contributed by atoms with Gasteiger partial charge in [-0.05, 0) is 35.9 Å². The van der Waals surface area contributed by atoms with Gasteiger partial charge >= 0.3 is 0 Å². The first-order valence-corrected chi connectivity index (χ1v) is 8.78. The zero-order valence-electron chi connectivity index (χ0n) is 14.0. The molecule has 5 nitrogen and oxygen atoms in total. The second kappa shape index (κ2) is 6.37. The minimum atomic E-state index is 0.111. The summed E-state index contributed by atoms with van der Waals surface area (Å²) >= 11 is 6.17. The number of halogens is 1. The van der Waals surface area contributed by atoms with Crippen molar-refractivity contribution in [2.24, 2.45) is 0 Å². The molecule has 0 amide bonds. The van der Waals surface area contributed by atoms with E-state index in [1.165, 1.54) is 0 Å². The lowest BCUT2D eigenvalue weighted by Gasteiger charge is -2.06. The van der Waals surface area contributed by atoms with E-state index in [2.05, 4.69) is 24.9 Å². The summed E-state index contributed by atoms with van der Waals surface area (Å²) in [5.74, 6) is 0.844. The molecule has 0 atom stereocenters. The molecule has 5 aromatic rings. The Morgan fingerprint density at radius 1 is 0.481 bits per heavy atom. The molecule has 6 heteroatoms. The van der Waals surface area contributed by atoms with Gasteiger partial charge in [0.15, 0.2) is 11.6 Å². The Morgan fingerprint density at radius 2 is 0.963 bits per heavy atom. The molecule has 0 unspecified atom stereocenters. The number of benzene rings is 2. The van der Waals surface area contributed by atoms with Gasteiger partial charge in [0.05, 0.1) is 11.0 Å². The normalized spacial score (nSPS) is 11.1. The van der Waals surface area contributed by atoms with Gasteiger partial charge in [0.2, 0.25) is 5.28 Å². The topological polar surface area (TPSA) is 64.5 Å². The fourth-order valence-electron chi connectivity index (χ4n) is 2.96. The number of aromatic nitrogens is 5. The monoisotopic (exact) mass is 369 g/mol. The van der Waals surface area contributed by atoms with Gasteiger partial charge in [-0.3, -0.25) is 0 Å². The van der Waals surface area contributed by atoms with Gasteiger partial charge in [-0.15, -0.1) is 0 Å². The van der Waals surface area contributed by atoms with Crippen molar-refractivity contribution in [1.29, 1.82) is 0 Å². The highest BCUT2D eigenvalue weighted by Crippen LogP contribution is 2.23. The molecule has 0 saturated carbocycles. The average Bonchev–Trinajstić information content (AvgIpc) is 2.72. The molecule has 27 heavy (non-hydrogen) atoms. The Kier molecular flexibility index (Phi) is 3.73. The zero-order valence-corrected chi connectivity index (χ0v) is 14.8. The lowest BCUT2D eigenvalue weighted by molar-refractivity contribution is 1.04. The molecule has 3 aromatic heterocycles. The van der Waals surface area contributed by atoms with Crippen molar-refractivity contribution in [2.45, 2.75) is 0 Å². The van der Waals surface area contributed by atoms with E-state index in [4.69, 9.17) is 11.6 Å². The standard InChI is InChI=1S/C21H12ClN5/c22-21-26-19(17-11-9-13-5-1-3-7-15(13)23-17)25-20(27-21)18-12-10-14-6-2-4-8-16(14)24-18/h1-12H. The molecule has 2 aromatic carbocycles. The van der Waals surface area contributed by atoms with Crippen LogP contribution in [0.1, 0.15) is 0 Å². The van der Waals surface area contributed by atoms with Crippen LogP contribution < -0.4 is 0 Å². The summed E-state index contributed by atoms with van der Waals surface area (Å²) in [5.41, 5.74) is 3.02. The van der Waals surface area contributed by atoms with E-state index in [1.807, 2.05) is 72.8 Å². The number of pyridine rings is 2. The average molecular weight is 370 g/mol. The van der Waals surface area contributed by atoms with Crippen LogP contribution in [-0.4, -0.2) is 24.9 Å². The Bertz CT molecular complexity index is 1200. The molecule has 0 saturated heterocycles. The molecule has 0 fully saturated rings. The van der Waals surface area contributed by atoms with E-state index in [0.717, 1.165) is 21.8 Å². The second-order valence-electron chi connectivity index (χ2n) is 6.03. The van der Waals surface area contributed by atoms with Crippen LogP contribution in [0.2, 0.25) is 5.28 Å². The third-order valence-electron chi connectivity index (χ3n) is 4.26. The van der Waals surface area contributed by atoms with E-state index in [-0.39, 0.29) is 5.28 Å². The summed E-state index contributed by atoms with van der Waals surface area (Å²) < 4.78 is 0. The molecule has 128 valence electrons. The van der Waals surface area contributed by atoms with Crippen molar-refractivity contribution in [3.05, 3.63) is 78.1 Å². The number of hydrogen-bond donors (Lipinski definition) is 0. The third kappa shape index (κ3) is 2.98. The van der Waals surface area contributed by atoms with Gasteiger partial charge in [0, 0.05) is 10.8 Å². The summed E-state index contributed by atoms with van der Waals surface area (Å²) in [6.07, 6.45) is 0. The lowest BCUT2D eigenvalue weighted by atomic mass is 10.2. The van der Waals surface area contributed by atoms with Crippen LogP contribution >= 0.6 is 11.6 Å². The van der Waals surface area contributed by atoms with E-state index < -0.39 is 0 Å². The SMILES string of the molecule is Clc1nc(-c2ccc3ccccc3n2)nc(-c2ccc3ccccc3n2)n1. The highest BCUT2D eigenvalue weighted by molar-refractivity contribution is 6.28. The molecule has 0 N–H and O–H groups in total. The molecule has 0 aliphatic carbocycles. The highest BCUT2D eigenvalue weighted by Gasteiger charge is 2.12. The van der Waals surface area contributed by atoms with Crippen LogP contribution in [0.3, 0.4) is 0 Å². The Balaban J connectivity index is 1.64. The zero-order chi connectivity index (χ0) is 18.2. The van der Waals surface area contributed by atoms with E-state index in [1.54, 1.807) is 0 Å². The Labute approximate surface area is 159 Å². The number of fused-ring (bicyclic) bond motifs is 2. The minimum absolute atomic E-state index is 0.111. The molecule has 0 aliphatic rings. The summed E-state index contributed by atoms with van der Waals surface area (Å²) in [4.78, 5) is 22.3. The summed E-state index contributed by atoms with van der Waals surface area (Å²) in [6, 6.07) is 23.5. The highest BCUT2D eigenvalue weighted by atomic mass is 35.5. The fourth-order valence-corrected chi connectivity index (χ4v) is 3.12. The van der Waals surface area contributed by atoms with Crippen LogP contribution in [-0.2, 0) is 0 Å². The maximum absolute atomic E-state index is 6.17. The van der Waals surface area contributed by atoms with E-state index >= 15 is 0 Å². The molecule has 5 rings (SSSR count). The van der Waals surface area contributed by atoms with Gasteiger partial charge in [-0.2, -0.15) is 9.97 Å². The van der Waals surface area contributed by atoms with Crippen LogP contribution in [0.4, 0.5) is 0 Å². The summed E-state index contributed by atoms with van der Waals surface area (Å²) in [5, 5.41) is 2.22. The van der Waals surface area contributed by atoms with Crippen LogP contribution in [0.15, 0.2) is 72.8 Å². The lowest BCUT2D eigenvalue weighted by Crippen LogP contribution is -2.00. The van der Waals surface area contributed by atoms with Crippen molar-refractivity contribution < 1.29 is 0 Å². The van der Waals surface area contributed by atoms with E-state index in [9.17, 15) is 0 Å². The minimum Gasteiger partial charge on any atom is -0.244 e. The first kappa shape index (κ1) is 15.8. The first-order chi connectivity index (χ1) is 13.3. The van der Waals surface area contributed by atoms with Crippen LogP contribution in [0.25, 0.3) is 44.8 Å². The third-order valence-corrected chi connectivity index (χ3v) is 4.43. The number of rotatable bonds is 2. The van der Waals surface area contributed by atoms with Crippen molar-refractivity contribution in [1.82, 2.24) is 24.9 Å². The first-order valence-electron chi connectivity index (χ1n) is 8.40. The van der Waals surface area contributed by atoms with Crippen LogP contribution in [0, 0.1) is 0 Å². The van der Waals surface area contributed by atoms with Crippen molar-refractivity contribution in [3.8, 4) is 23.0 Å². The smallest absolute Gasteiger partial charge is 0.226 e. The van der Waals surface area contributed by atoms with Gasteiger partial charge in [-0.25, -0.2) is 15.0 Å². The van der Waals surface area contributed by atoms with Crippen LogP contribution in [0.5, 0.6) is 0 Å². The van der Waals surface area contributed by atoms with Crippen molar-refractivity contribution in [3.63, 3.8) is 0 Å². The van der Waals surface area contributed by atoms with Gasteiger partial charge in [-0.1, -0.05) is 48.5 Å². The number of hydrogen-bond acceptors (Lipinski definition) is 5. The molecule has 3 heterocycles. The Hall–Kier alpha value is -3.44. The predicted molar refractivity (Wildman–Crippen MR) is 106 cm³/mol. The maximum atomic E-state index is 6.17. The molecular formula is C21H12ClN5. The maximum Gasteiger partial charge on any atom is 0.226 e. The molecule has 0 radical (unpaired) electrons. The van der Waals surface area contributed by atoms with Gasteiger partial charge in [0.1, 0.15) is 11.4 Å². The van der Waals surface area contributed by atoms with Gasteiger partial charge in [0.25, 0.3) is 0 Å². The molecular weight excluding hydrogens is 358 g/mol. The molecule has 0 spiro atoms. The van der Waals surface area contributed by atoms with Crippen molar-refractivity contribution >= 4 is 33.4 Å². The van der Waals surface area contributed by atoms with Gasteiger partial charge < -0.3 is 0 Å².